The first-order valence-electron chi connectivity index (χ1n) is 13.5. The molecule has 1 N–H and O–H groups in total. The van der Waals surface area contributed by atoms with Gasteiger partial charge < -0.3 is 14.2 Å². The highest BCUT2D eigenvalue weighted by atomic mass is 35.5. The first kappa shape index (κ1) is 24.9. The normalized spacial score (nSPS) is 22.5. The van der Waals surface area contributed by atoms with Gasteiger partial charge in [-0.05, 0) is 81.3 Å². The van der Waals surface area contributed by atoms with Crippen LogP contribution in [0.2, 0.25) is 10.0 Å². The summed E-state index contributed by atoms with van der Waals surface area (Å²) >= 11 is 13.1. The van der Waals surface area contributed by atoms with Crippen LogP contribution >= 0.6 is 23.2 Å². The summed E-state index contributed by atoms with van der Waals surface area (Å²) in [6, 6.07) is 12.6. The first-order valence-corrected chi connectivity index (χ1v) is 14.2. The quantitative estimate of drug-likeness (QED) is 0.260. The third-order valence-corrected chi connectivity index (χ3v) is 8.95. The van der Waals surface area contributed by atoms with Crippen LogP contribution in [0, 0.1) is 6.92 Å². The average molecular weight is 567 g/mol. The minimum atomic E-state index is -0.550. The maximum atomic E-state index is 11.4. The average Bonchev–Trinajstić information content (AvgIpc) is 3.44. The van der Waals surface area contributed by atoms with Crippen molar-refractivity contribution < 1.29 is 13.8 Å². The van der Waals surface area contributed by atoms with Gasteiger partial charge in [-0.15, -0.1) is 0 Å². The summed E-state index contributed by atoms with van der Waals surface area (Å²) < 4.78 is 17.1. The van der Waals surface area contributed by atoms with Gasteiger partial charge >= 0.3 is 5.76 Å². The maximum Gasteiger partial charge on any atom is 0.439 e. The number of halogens is 2. The molecule has 3 aliphatic rings. The fraction of sp³-hybridized carbons (Fsp3) is 0.414. The van der Waals surface area contributed by atoms with Crippen molar-refractivity contribution in [1.29, 1.82) is 0 Å². The van der Waals surface area contributed by atoms with Gasteiger partial charge in [-0.2, -0.15) is 0 Å². The molecule has 2 bridgehead atoms. The van der Waals surface area contributed by atoms with E-state index in [2.05, 4.69) is 36.9 Å². The Hall–Kier alpha value is -3.07. The SMILES string of the molecule is Cc1cc(N2[C@@H]3CC[C@H]2CC(OCc2c(-c4c(Cl)cccc4Cl)noc2C2CC2)C3)ccc1-c1noc(=O)[nH]1. The largest absolute Gasteiger partial charge is 0.439 e. The smallest absolute Gasteiger partial charge is 0.373 e. The van der Waals surface area contributed by atoms with Crippen LogP contribution in [0.5, 0.6) is 0 Å². The predicted octanol–water partition coefficient (Wildman–Crippen LogP) is 6.89. The third-order valence-electron chi connectivity index (χ3n) is 8.32. The number of aromatic amines is 1. The molecule has 10 heteroatoms. The Morgan fingerprint density at radius 2 is 1.77 bits per heavy atom. The molecule has 8 nitrogen and oxygen atoms in total. The van der Waals surface area contributed by atoms with Crippen molar-refractivity contribution in [3.63, 3.8) is 0 Å². The number of nitrogens with zero attached hydrogens (tertiary/aromatic N) is 3. The number of ether oxygens (including phenoxy) is 1. The summed E-state index contributed by atoms with van der Waals surface area (Å²) in [5.41, 5.74) is 5.47. The number of piperidine rings is 1. The molecule has 0 amide bonds. The van der Waals surface area contributed by atoms with Crippen LogP contribution in [0.3, 0.4) is 0 Å². The predicted molar refractivity (Wildman–Crippen MR) is 148 cm³/mol. The lowest BCUT2D eigenvalue weighted by Gasteiger charge is -2.40. The number of rotatable bonds is 7. The number of fused-ring (bicyclic) bond motifs is 2. The molecule has 0 spiro atoms. The van der Waals surface area contributed by atoms with E-state index >= 15 is 0 Å². The van der Waals surface area contributed by atoms with Gasteiger partial charge in [0.15, 0.2) is 5.82 Å². The third kappa shape index (κ3) is 4.58. The van der Waals surface area contributed by atoms with E-state index in [-0.39, 0.29) is 6.10 Å². The zero-order valence-corrected chi connectivity index (χ0v) is 23.0. The molecule has 4 aromatic rings. The van der Waals surface area contributed by atoms with E-state index in [4.69, 9.17) is 32.5 Å². The van der Waals surface area contributed by atoms with Crippen LogP contribution in [0.25, 0.3) is 22.6 Å². The van der Waals surface area contributed by atoms with Gasteiger partial charge in [-0.3, -0.25) is 9.51 Å². The number of nitrogens with one attached hydrogen (secondary N) is 1. The van der Waals surface area contributed by atoms with Gasteiger partial charge in [0.2, 0.25) is 0 Å². The molecule has 202 valence electrons. The summed E-state index contributed by atoms with van der Waals surface area (Å²) in [6.07, 6.45) is 6.55. The molecule has 1 saturated carbocycles. The van der Waals surface area contributed by atoms with Gasteiger partial charge in [0.25, 0.3) is 0 Å². The molecule has 0 radical (unpaired) electrons. The Labute approximate surface area is 235 Å². The van der Waals surface area contributed by atoms with E-state index in [1.165, 1.54) is 5.69 Å². The van der Waals surface area contributed by atoms with Crippen molar-refractivity contribution in [2.45, 2.75) is 76.2 Å². The number of anilines is 1. The van der Waals surface area contributed by atoms with Crippen molar-refractivity contribution in [3.8, 4) is 22.6 Å². The summed E-state index contributed by atoms with van der Waals surface area (Å²) in [5, 5.41) is 9.36. The van der Waals surface area contributed by atoms with Gasteiger partial charge in [-0.1, -0.05) is 39.6 Å². The molecule has 7 rings (SSSR count). The Morgan fingerprint density at radius 1 is 1.03 bits per heavy atom. The molecule has 4 heterocycles. The highest BCUT2D eigenvalue weighted by molar-refractivity contribution is 6.39. The maximum absolute atomic E-state index is 11.4. The number of hydrogen-bond acceptors (Lipinski definition) is 7. The van der Waals surface area contributed by atoms with Gasteiger partial charge in [-0.25, -0.2) is 4.79 Å². The number of aryl methyl sites for hydroxylation is 1. The number of benzene rings is 2. The van der Waals surface area contributed by atoms with Gasteiger partial charge in [0, 0.05) is 40.4 Å². The molecule has 39 heavy (non-hydrogen) atoms. The van der Waals surface area contributed by atoms with E-state index in [1.54, 1.807) is 0 Å². The van der Waals surface area contributed by atoms with Crippen LogP contribution in [0.1, 0.15) is 61.3 Å². The lowest BCUT2D eigenvalue weighted by molar-refractivity contribution is 0.0147. The second-order valence-electron chi connectivity index (χ2n) is 10.9. The van der Waals surface area contributed by atoms with Crippen molar-refractivity contribution in [3.05, 3.63) is 73.9 Å². The van der Waals surface area contributed by atoms with Crippen LogP contribution in [-0.2, 0) is 11.3 Å². The molecule has 3 fully saturated rings. The fourth-order valence-electron chi connectivity index (χ4n) is 6.35. The van der Waals surface area contributed by atoms with Gasteiger partial charge in [0.05, 0.1) is 22.8 Å². The molecular formula is C29H28Cl2N4O4. The van der Waals surface area contributed by atoms with Crippen molar-refractivity contribution >= 4 is 28.9 Å². The first-order chi connectivity index (χ1) is 19.0. The van der Waals surface area contributed by atoms with Crippen LogP contribution < -0.4 is 10.7 Å². The molecule has 2 aromatic carbocycles. The van der Waals surface area contributed by atoms with Gasteiger partial charge in [0.1, 0.15) is 11.5 Å². The molecule has 1 unspecified atom stereocenters. The van der Waals surface area contributed by atoms with Crippen LogP contribution in [-0.4, -0.2) is 33.5 Å². The Kier molecular flexibility index (Phi) is 6.29. The lowest BCUT2D eigenvalue weighted by Crippen LogP contribution is -2.45. The molecular weight excluding hydrogens is 539 g/mol. The Morgan fingerprint density at radius 3 is 2.41 bits per heavy atom. The standard InChI is InChI=1S/C29H28Cl2N4O4/c1-15-11-17(9-10-21(15)28-32-29(36)39-34-28)35-18-7-8-19(35)13-20(12-18)37-14-22-26(33-38-27(22)16-5-6-16)25-23(30)3-2-4-24(25)31/h2-4,9-11,16,18-20H,5-8,12-14H2,1H3,(H,32,34,36)/t18-,19+,20?. The summed E-state index contributed by atoms with van der Waals surface area (Å²) in [4.78, 5) is 16.6. The molecule has 2 aromatic heterocycles. The molecule has 2 saturated heterocycles. The molecule has 2 aliphatic heterocycles. The van der Waals surface area contributed by atoms with Crippen molar-refractivity contribution in [2.75, 3.05) is 4.90 Å². The Bertz CT molecular complexity index is 1560. The molecule has 3 atom stereocenters. The minimum absolute atomic E-state index is 0.149. The highest BCUT2D eigenvalue weighted by Gasteiger charge is 2.42. The minimum Gasteiger partial charge on any atom is -0.373 e. The van der Waals surface area contributed by atoms with E-state index in [0.29, 0.717) is 51.7 Å². The van der Waals surface area contributed by atoms with E-state index in [0.717, 1.165) is 61.0 Å². The summed E-state index contributed by atoms with van der Waals surface area (Å²) in [6.45, 7) is 2.46. The number of H-pyrrole nitrogens is 1. The fourth-order valence-corrected chi connectivity index (χ4v) is 6.93. The monoisotopic (exact) mass is 566 g/mol. The zero-order valence-electron chi connectivity index (χ0n) is 21.5. The number of hydrogen-bond donors (Lipinski definition) is 1. The second-order valence-corrected chi connectivity index (χ2v) is 11.7. The van der Waals surface area contributed by atoms with E-state index < -0.39 is 5.76 Å². The lowest BCUT2D eigenvalue weighted by atomic mass is 9.97. The summed E-state index contributed by atoms with van der Waals surface area (Å²) in [7, 11) is 0. The second kappa shape index (κ2) is 9.84. The highest BCUT2D eigenvalue weighted by Crippen LogP contribution is 2.47. The number of aromatic nitrogens is 3. The summed E-state index contributed by atoms with van der Waals surface area (Å²) in [5.74, 6) is 1.21. The van der Waals surface area contributed by atoms with Crippen molar-refractivity contribution in [2.24, 2.45) is 0 Å². The Balaban J connectivity index is 1.08. The molecule has 1 aliphatic carbocycles. The van der Waals surface area contributed by atoms with E-state index in [1.807, 2.05) is 31.2 Å². The topological polar surface area (TPSA) is 97.4 Å². The van der Waals surface area contributed by atoms with Crippen molar-refractivity contribution in [1.82, 2.24) is 15.3 Å². The van der Waals surface area contributed by atoms with Crippen LogP contribution in [0.15, 0.2) is 50.2 Å². The van der Waals surface area contributed by atoms with Crippen LogP contribution in [0.4, 0.5) is 5.69 Å². The zero-order chi connectivity index (χ0) is 26.7. The van der Waals surface area contributed by atoms with E-state index in [9.17, 15) is 4.79 Å².